The van der Waals surface area contributed by atoms with Crippen molar-refractivity contribution in [3.63, 3.8) is 0 Å². The first-order valence-corrected chi connectivity index (χ1v) is 8.07. The molecule has 0 saturated heterocycles. The molecule has 0 aliphatic rings. The molecular formula is C16H32N2O2. The van der Waals surface area contributed by atoms with E-state index in [1.807, 2.05) is 13.8 Å². The number of carbonyl (C=O) groups excluding carboxylic acids is 2. The number of hydrogen-bond acceptors (Lipinski definition) is 3. The number of amides is 1. The van der Waals surface area contributed by atoms with Crippen LogP contribution in [0.3, 0.4) is 0 Å². The van der Waals surface area contributed by atoms with E-state index in [0.29, 0.717) is 25.3 Å². The summed E-state index contributed by atoms with van der Waals surface area (Å²) >= 11 is 0. The van der Waals surface area contributed by atoms with Gasteiger partial charge in [-0.15, -0.1) is 0 Å². The number of rotatable bonds is 13. The van der Waals surface area contributed by atoms with Crippen LogP contribution in [0.15, 0.2) is 0 Å². The average Bonchev–Trinajstić information content (AvgIpc) is 2.41. The Morgan fingerprint density at radius 1 is 0.900 bits per heavy atom. The Morgan fingerprint density at radius 2 is 1.45 bits per heavy atom. The molecule has 1 amide bonds. The smallest absolute Gasteiger partial charge is 0.219 e. The third-order valence-corrected chi connectivity index (χ3v) is 3.42. The van der Waals surface area contributed by atoms with Crippen LogP contribution >= 0.6 is 0 Å². The van der Waals surface area contributed by atoms with Gasteiger partial charge in [0.15, 0.2) is 0 Å². The van der Waals surface area contributed by atoms with Gasteiger partial charge in [0.25, 0.3) is 0 Å². The topological polar surface area (TPSA) is 72.2 Å². The van der Waals surface area contributed by atoms with Crippen molar-refractivity contribution in [2.75, 3.05) is 13.1 Å². The van der Waals surface area contributed by atoms with Crippen molar-refractivity contribution in [2.45, 2.75) is 71.6 Å². The van der Waals surface area contributed by atoms with Crippen molar-refractivity contribution in [2.24, 2.45) is 11.7 Å². The Balaban J connectivity index is 3.24. The number of ketones is 1. The molecule has 0 aromatic rings. The molecular weight excluding hydrogens is 252 g/mol. The Hall–Kier alpha value is -0.900. The van der Waals surface area contributed by atoms with Gasteiger partial charge >= 0.3 is 0 Å². The zero-order valence-electron chi connectivity index (χ0n) is 13.2. The standard InChI is InChI=1S/C16H32N2O2/c1-14(2)15(19)10-7-5-3-4-6-8-11-16(20)18-13-9-12-17/h14H,3-13,17H2,1-2H3,(H,18,20). The van der Waals surface area contributed by atoms with E-state index in [1.165, 1.54) is 6.42 Å². The lowest BCUT2D eigenvalue weighted by molar-refractivity contribution is -0.122. The summed E-state index contributed by atoms with van der Waals surface area (Å²) in [7, 11) is 0. The molecule has 0 rings (SSSR count). The van der Waals surface area contributed by atoms with E-state index in [1.54, 1.807) is 0 Å². The Morgan fingerprint density at radius 3 is 2.00 bits per heavy atom. The highest BCUT2D eigenvalue weighted by Gasteiger charge is 2.05. The molecule has 0 aromatic carbocycles. The molecule has 0 spiro atoms. The largest absolute Gasteiger partial charge is 0.356 e. The van der Waals surface area contributed by atoms with Crippen molar-refractivity contribution in [1.82, 2.24) is 5.32 Å². The molecule has 0 heterocycles. The maximum atomic E-state index is 11.4. The molecule has 0 saturated carbocycles. The van der Waals surface area contributed by atoms with Gasteiger partial charge < -0.3 is 11.1 Å². The SMILES string of the molecule is CC(C)C(=O)CCCCCCCCC(=O)NCCCN. The van der Waals surface area contributed by atoms with Crippen molar-refractivity contribution in [3.8, 4) is 0 Å². The van der Waals surface area contributed by atoms with Crippen LogP contribution in [0.2, 0.25) is 0 Å². The highest BCUT2D eigenvalue weighted by Crippen LogP contribution is 2.10. The molecule has 0 aliphatic heterocycles. The van der Waals surface area contributed by atoms with Gasteiger partial charge in [0.2, 0.25) is 5.91 Å². The Kier molecular flexibility index (Phi) is 12.5. The Labute approximate surface area is 123 Å². The maximum absolute atomic E-state index is 11.4. The third-order valence-electron chi connectivity index (χ3n) is 3.42. The predicted octanol–water partition coefficient (Wildman–Crippen LogP) is 2.80. The second kappa shape index (κ2) is 13.1. The van der Waals surface area contributed by atoms with E-state index < -0.39 is 0 Å². The number of unbranched alkanes of at least 4 members (excludes halogenated alkanes) is 5. The van der Waals surface area contributed by atoms with Crippen LogP contribution in [0, 0.1) is 5.92 Å². The van der Waals surface area contributed by atoms with Crippen LogP contribution < -0.4 is 11.1 Å². The quantitative estimate of drug-likeness (QED) is 0.511. The minimum absolute atomic E-state index is 0.140. The zero-order valence-corrected chi connectivity index (χ0v) is 13.2. The first-order valence-electron chi connectivity index (χ1n) is 8.07. The van der Waals surface area contributed by atoms with Gasteiger partial charge in [0.05, 0.1) is 0 Å². The summed E-state index contributed by atoms with van der Waals surface area (Å²) in [5, 5.41) is 2.86. The highest BCUT2D eigenvalue weighted by molar-refractivity contribution is 5.80. The lowest BCUT2D eigenvalue weighted by Crippen LogP contribution is -2.25. The molecule has 0 radical (unpaired) electrons. The number of Topliss-reactive ketones (excluding diaryl/α,β-unsaturated/α-hetero) is 1. The molecule has 4 heteroatoms. The highest BCUT2D eigenvalue weighted by atomic mass is 16.1. The zero-order chi connectivity index (χ0) is 15.2. The van der Waals surface area contributed by atoms with Crippen LogP contribution in [0.25, 0.3) is 0 Å². The van der Waals surface area contributed by atoms with Gasteiger partial charge in [-0.05, 0) is 25.8 Å². The second-order valence-corrected chi connectivity index (χ2v) is 5.73. The molecule has 0 fully saturated rings. The summed E-state index contributed by atoms with van der Waals surface area (Å²) in [5.74, 6) is 0.688. The number of nitrogens with two attached hydrogens (primary N) is 1. The molecule has 20 heavy (non-hydrogen) atoms. The van der Waals surface area contributed by atoms with E-state index in [2.05, 4.69) is 5.32 Å². The van der Waals surface area contributed by atoms with Crippen molar-refractivity contribution < 1.29 is 9.59 Å². The number of hydrogen-bond donors (Lipinski definition) is 2. The van der Waals surface area contributed by atoms with Gasteiger partial charge in [0.1, 0.15) is 5.78 Å². The van der Waals surface area contributed by atoms with Gasteiger partial charge in [0, 0.05) is 25.3 Å². The normalized spacial score (nSPS) is 10.8. The van der Waals surface area contributed by atoms with Gasteiger partial charge in [-0.25, -0.2) is 0 Å². The van der Waals surface area contributed by atoms with Crippen LogP contribution in [0.4, 0.5) is 0 Å². The van der Waals surface area contributed by atoms with E-state index in [0.717, 1.165) is 44.9 Å². The number of carbonyl (C=O) groups is 2. The van der Waals surface area contributed by atoms with E-state index >= 15 is 0 Å². The van der Waals surface area contributed by atoms with Gasteiger partial charge in [-0.1, -0.05) is 39.5 Å². The predicted molar refractivity (Wildman–Crippen MR) is 83.5 cm³/mol. The van der Waals surface area contributed by atoms with E-state index in [9.17, 15) is 9.59 Å². The lowest BCUT2D eigenvalue weighted by Gasteiger charge is -2.05. The Bertz CT molecular complexity index is 265. The van der Waals surface area contributed by atoms with E-state index in [-0.39, 0.29) is 11.8 Å². The third kappa shape index (κ3) is 12.2. The van der Waals surface area contributed by atoms with Crippen LogP contribution in [-0.4, -0.2) is 24.8 Å². The fourth-order valence-corrected chi connectivity index (χ4v) is 2.00. The molecule has 4 nitrogen and oxygen atoms in total. The summed E-state index contributed by atoms with van der Waals surface area (Å²) in [6.07, 6.45) is 8.71. The number of nitrogens with one attached hydrogen (secondary N) is 1. The van der Waals surface area contributed by atoms with Crippen LogP contribution in [0.1, 0.15) is 71.6 Å². The van der Waals surface area contributed by atoms with E-state index in [4.69, 9.17) is 5.73 Å². The van der Waals surface area contributed by atoms with Crippen molar-refractivity contribution in [1.29, 1.82) is 0 Å². The van der Waals surface area contributed by atoms with Crippen molar-refractivity contribution in [3.05, 3.63) is 0 Å². The molecule has 0 aliphatic carbocycles. The molecule has 0 aromatic heterocycles. The van der Waals surface area contributed by atoms with Gasteiger partial charge in [-0.2, -0.15) is 0 Å². The van der Waals surface area contributed by atoms with Crippen LogP contribution in [0.5, 0.6) is 0 Å². The fourth-order valence-electron chi connectivity index (χ4n) is 2.00. The first kappa shape index (κ1) is 19.1. The minimum Gasteiger partial charge on any atom is -0.356 e. The molecule has 0 atom stereocenters. The second-order valence-electron chi connectivity index (χ2n) is 5.73. The molecule has 3 N–H and O–H groups in total. The summed E-state index contributed by atoms with van der Waals surface area (Å²) in [6.45, 7) is 5.24. The van der Waals surface area contributed by atoms with Gasteiger partial charge in [-0.3, -0.25) is 9.59 Å². The summed E-state index contributed by atoms with van der Waals surface area (Å²) in [5.41, 5.74) is 5.36. The monoisotopic (exact) mass is 284 g/mol. The van der Waals surface area contributed by atoms with Crippen LogP contribution in [-0.2, 0) is 9.59 Å². The van der Waals surface area contributed by atoms with Crippen molar-refractivity contribution >= 4 is 11.7 Å². The summed E-state index contributed by atoms with van der Waals surface area (Å²) < 4.78 is 0. The minimum atomic E-state index is 0.140. The summed E-state index contributed by atoms with van der Waals surface area (Å²) in [6, 6.07) is 0. The molecule has 118 valence electrons. The first-order chi connectivity index (χ1) is 9.57. The molecule has 0 bridgehead atoms. The summed E-state index contributed by atoms with van der Waals surface area (Å²) in [4.78, 5) is 22.8. The average molecular weight is 284 g/mol. The molecule has 0 unspecified atom stereocenters. The fraction of sp³-hybridized carbons (Fsp3) is 0.875. The lowest BCUT2D eigenvalue weighted by atomic mass is 10.0. The maximum Gasteiger partial charge on any atom is 0.219 e.